The molecule has 5 nitrogen and oxygen atoms in total. The first-order chi connectivity index (χ1) is 12.6. The van der Waals surface area contributed by atoms with Crippen molar-refractivity contribution in [3.05, 3.63) is 52.3 Å². The summed E-state index contributed by atoms with van der Waals surface area (Å²) in [7, 11) is 3.23. The largest absolute Gasteiger partial charge is 0.497 e. The normalized spacial score (nSPS) is 11.8. The Morgan fingerprint density at radius 3 is 2.77 bits per heavy atom. The van der Waals surface area contributed by atoms with Crippen LogP contribution in [0, 0.1) is 0 Å². The Balaban J connectivity index is 1.66. The van der Waals surface area contributed by atoms with Gasteiger partial charge in [0.1, 0.15) is 16.5 Å². The number of hydrogen-bond donors (Lipinski definition) is 1. The molecule has 3 rings (SSSR count). The van der Waals surface area contributed by atoms with E-state index in [1.165, 1.54) is 0 Å². The molecule has 1 atom stereocenters. The molecular formula is C19H20N2O3S2. The predicted octanol–water partition coefficient (Wildman–Crippen LogP) is 4.31. The second kappa shape index (κ2) is 8.33. The zero-order chi connectivity index (χ0) is 18.5. The van der Waals surface area contributed by atoms with E-state index in [0.29, 0.717) is 5.75 Å². The number of thiophene rings is 1. The van der Waals surface area contributed by atoms with Crippen molar-refractivity contribution in [2.75, 3.05) is 14.2 Å². The fraction of sp³-hybridized carbons (Fsp3) is 0.263. The molecule has 1 N–H and O–H groups in total. The molecule has 1 amide bonds. The molecule has 136 valence electrons. The van der Waals surface area contributed by atoms with Crippen molar-refractivity contribution in [2.45, 2.75) is 19.4 Å². The lowest BCUT2D eigenvalue weighted by atomic mass is 10.1. The highest BCUT2D eigenvalue weighted by atomic mass is 32.1. The Morgan fingerprint density at radius 1 is 1.23 bits per heavy atom. The maximum Gasteiger partial charge on any atom is 0.226 e. The number of amides is 1. The monoisotopic (exact) mass is 388 g/mol. The van der Waals surface area contributed by atoms with Crippen LogP contribution in [-0.4, -0.2) is 25.1 Å². The molecule has 0 fully saturated rings. The van der Waals surface area contributed by atoms with Gasteiger partial charge >= 0.3 is 0 Å². The van der Waals surface area contributed by atoms with Crippen LogP contribution in [0.25, 0.3) is 9.88 Å². The van der Waals surface area contributed by atoms with Gasteiger partial charge in [0.25, 0.3) is 0 Å². The van der Waals surface area contributed by atoms with Gasteiger partial charge in [-0.05, 0) is 36.6 Å². The number of thiazole rings is 1. The first-order valence-electron chi connectivity index (χ1n) is 8.10. The van der Waals surface area contributed by atoms with E-state index in [1.54, 1.807) is 36.9 Å². The maximum atomic E-state index is 12.4. The average Bonchev–Trinajstić information content (AvgIpc) is 3.32. The summed E-state index contributed by atoms with van der Waals surface area (Å²) in [5.41, 5.74) is 1.65. The third kappa shape index (κ3) is 4.23. The van der Waals surface area contributed by atoms with Crippen LogP contribution in [0.5, 0.6) is 11.5 Å². The van der Waals surface area contributed by atoms with Crippen LogP contribution >= 0.6 is 22.7 Å². The highest BCUT2D eigenvalue weighted by Crippen LogP contribution is 2.30. The van der Waals surface area contributed by atoms with E-state index in [2.05, 4.69) is 10.3 Å². The number of nitrogens with one attached hydrogen (secondary N) is 1. The summed E-state index contributed by atoms with van der Waals surface area (Å²) in [6.07, 6.45) is 0.249. The SMILES string of the molecule is COc1ccc(OC)c([C@@H](C)NC(=O)Cc2csc(-c3cccs3)n2)c1. The van der Waals surface area contributed by atoms with Gasteiger partial charge in [0, 0.05) is 10.9 Å². The van der Waals surface area contributed by atoms with Gasteiger partial charge in [-0.25, -0.2) is 4.98 Å². The van der Waals surface area contributed by atoms with Crippen LogP contribution in [0.4, 0.5) is 0 Å². The molecule has 26 heavy (non-hydrogen) atoms. The molecule has 0 unspecified atom stereocenters. The minimum absolute atomic E-state index is 0.0783. The van der Waals surface area contributed by atoms with Crippen molar-refractivity contribution in [3.8, 4) is 21.4 Å². The number of benzene rings is 1. The number of carbonyl (C=O) groups is 1. The van der Waals surface area contributed by atoms with Gasteiger partial charge in [-0.15, -0.1) is 22.7 Å². The predicted molar refractivity (Wildman–Crippen MR) is 105 cm³/mol. The Labute approximate surface area is 160 Å². The molecule has 1 aromatic carbocycles. The molecule has 2 aromatic heterocycles. The minimum atomic E-state index is -0.206. The van der Waals surface area contributed by atoms with Crippen molar-refractivity contribution >= 4 is 28.6 Å². The maximum absolute atomic E-state index is 12.4. The first kappa shape index (κ1) is 18.4. The zero-order valence-corrected chi connectivity index (χ0v) is 16.4. The Bertz CT molecular complexity index is 875. The highest BCUT2D eigenvalue weighted by molar-refractivity contribution is 7.20. The van der Waals surface area contributed by atoms with Gasteiger partial charge in [0.2, 0.25) is 5.91 Å². The quantitative estimate of drug-likeness (QED) is 0.655. The summed E-state index contributed by atoms with van der Waals surface area (Å²) in [4.78, 5) is 18.1. The van der Waals surface area contributed by atoms with E-state index in [1.807, 2.05) is 48.0 Å². The second-order valence-electron chi connectivity index (χ2n) is 5.70. The van der Waals surface area contributed by atoms with Crippen molar-refractivity contribution in [1.82, 2.24) is 10.3 Å². The van der Waals surface area contributed by atoms with Gasteiger partial charge in [-0.3, -0.25) is 4.79 Å². The molecule has 0 saturated heterocycles. The Hall–Kier alpha value is -2.38. The molecule has 3 aromatic rings. The van der Waals surface area contributed by atoms with Crippen molar-refractivity contribution in [2.24, 2.45) is 0 Å². The number of nitrogens with zero attached hydrogens (tertiary/aromatic N) is 1. The topological polar surface area (TPSA) is 60.5 Å². The smallest absolute Gasteiger partial charge is 0.226 e. The first-order valence-corrected chi connectivity index (χ1v) is 9.86. The number of rotatable bonds is 7. The number of ether oxygens (including phenoxy) is 2. The highest BCUT2D eigenvalue weighted by Gasteiger charge is 2.16. The lowest BCUT2D eigenvalue weighted by Crippen LogP contribution is -2.28. The van der Waals surface area contributed by atoms with Crippen molar-refractivity contribution < 1.29 is 14.3 Å². The number of aromatic nitrogens is 1. The van der Waals surface area contributed by atoms with E-state index in [9.17, 15) is 4.79 Å². The summed E-state index contributed by atoms with van der Waals surface area (Å²) < 4.78 is 10.7. The van der Waals surface area contributed by atoms with Gasteiger partial charge in [-0.2, -0.15) is 0 Å². The van der Waals surface area contributed by atoms with Gasteiger partial charge in [-0.1, -0.05) is 6.07 Å². The summed E-state index contributed by atoms with van der Waals surface area (Å²) >= 11 is 3.20. The fourth-order valence-corrected chi connectivity index (χ4v) is 4.25. The molecule has 0 spiro atoms. The van der Waals surface area contributed by atoms with Crippen LogP contribution < -0.4 is 14.8 Å². The van der Waals surface area contributed by atoms with E-state index in [-0.39, 0.29) is 18.4 Å². The molecule has 7 heteroatoms. The summed E-state index contributed by atoms with van der Waals surface area (Å²) in [6, 6.07) is 9.37. The van der Waals surface area contributed by atoms with Crippen LogP contribution in [0.2, 0.25) is 0 Å². The lowest BCUT2D eigenvalue weighted by molar-refractivity contribution is -0.121. The standard InChI is InChI=1S/C19H20N2O3S2/c1-12(15-10-14(23-2)6-7-16(15)24-3)20-18(22)9-13-11-26-19(21-13)17-5-4-8-25-17/h4-8,10-12H,9H2,1-3H3,(H,20,22)/t12-/m1/s1. The van der Waals surface area contributed by atoms with Gasteiger partial charge in [0.15, 0.2) is 0 Å². The van der Waals surface area contributed by atoms with Crippen molar-refractivity contribution in [1.29, 1.82) is 0 Å². The van der Waals surface area contributed by atoms with E-state index in [0.717, 1.165) is 26.9 Å². The third-order valence-electron chi connectivity index (χ3n) is 3.91. The molecule has 0 aliphatic heterocycles. The van der Waals surface area contributed by atoms with E-state index >= 15 is 0 Å². The average molecular weight is 389 g/mol. The number of hydrogen-bond acceptors (Lipinski definition) is 6. The minimum Gasteiger partial charge on any atom is -0.497 e. The summed E-state index contributed by atoms with van der Waals surface area (Å²) in [5, 5.41) is 7.91. The molecule has 0 saturated carbocycles. The summed E-state index contributed by atoms with van der Waals surface area (Å²) in [6.45, 7) is 1.92. The van der Waals surface area contributed by atoms with Crippen LogP contribution in [0.1, 0.15) is 24.2 Å². The number of methoxy groups -OCH3 is 2. The van der Waals surface area contributed by atoms with E-state index in [4.69, 9.17) is 9.47 Å². The molecular weight excluding hydrogens is 368 g/mol. The van der Waals surface area contributed by atoms with Gasteiger partial charge in [0.05, 0.1) is 37.3 Å². The van der Waals surface area contributed by atoms with Crippen LogP contribution in [0.3, 0.4) is 0 Å². The lowest BCUT2D eigenvalue weighted by Gasteiger charge is -2.18. The van der Waals surface area contributed by atoms with Crippen molar-refractivity contribution in [3.63, 3.8) is 0 Å². The molecule has 2 heterocycles. The summed E-state index contributed by atoms with van der Waals surface area (Å²) in [5.74, 6) is 1.36. The Kier molecular flexibility index (Phi) is 5.90. The third-order valence-corrected chi connectivity index (χ3v) is 5.84. The van der Waals surface area contributed by atoms with Crippen LogP contribution in [0.15, 0.2) is 41.1 Å². The Morgan fingerprint density at radius 2 is 2.08 bits per heavy atom. The number of carbonyl (C=O) groups excluding carboxylic acids is 1. The molecule has 0 bridgehead atoms. The van der Waals surface area contributed by atoms with Gasteiger partial charge < -0.3 is 14.8 Å². The van der Waals surface area contributed by atoms with Crippen LogP contribution in [-0.2, 0) is 11.2 Å². The molecule has 0 radical (unpaired) electrons. The molecule has 0 aliphatic carbocycles. The molecule has 0 aliphatic rings. The second-order valence-corrected chi connectivity index (χ2v) is 7.50. The fourth-order valence-electron chi connectivity index (χ4n) is 2.61. The zero-order valence-electron chi connectivity index (χ0n) is 14.8. The van der Waals surface area contributed by atoms with E-state index < -0.39 is 0 Å².